The second-order valence-electron chi connectivity index (χ2n) is 3.33. The van der Waals surface area contributed by atoms with E-state index in [0.29, 0.717) is 6.10 Å². The van der Waals surface area contributed by atoms with Crippen LogP contribution in [0.2, 0.25) is 0 Å². The molecule has 5 nitrogen and oxygen atoms in total. The zero-order valence-corrected chi connectivity index (χ0v) is 8.71. The SMILES string of the molecule is CC1CO1.O=C(O)c1ccc(C(=O)O)cc1. The first-order valence-electron chi connectivity index (χ1n) is 4.69. The molecule has 2 rings (SSSR count). The van der Waals surface area contributed by atoms with Crippen molar-refractivity contribution in [1.29, 1.82) is 0 Å². The molecular weight excluding hydrogens is 212 g/mol. The van der Waals surface area contributed by atoms with Crippen LogP contribution < -0.4 is 0 Å². The van der Waals surface area contributed by atoms with Crippen molar-refractivity contribution in [3.05, 3.63) is 35.4 Å². The smallest absolute Gasteiger partial charge is 0.335 e. The summed E-state index contributed by atoms with van der Waals surface area (Å²) in [7, 11) is 0. The van der Waals surface area contributed by atoms with Crippen molar-refractivity contribution in [3.63, 3.8) is 0 Å². The van der Waals surface area contributed by atoms with Crippen molar-refractivity contribution in [2.24, 2.45) is 0 Å². The normalized spacial score (nSPS) is 16.9. The summed E-state index contributed by atoms with van der Waals surface area (Å²) >= 11 is 0. The second kappa shape index (κ2) is 5.27. The molecule has 16 heavy (non-hydrogen) atoms. The standard InChI is InChI=1S/C8H6O4.C3H6O/c9-7(10)5-1-2-6(4-3-5)8(11)12;1-3-2-4-3/h1-4H,(H,9,10)(H,11,12);3H,2H2,1H3. The minimum atomic E-state index is -1.06. The Balaban J connectivity index is 0.000000267. The van der Waals surface area contributed by atoms with E-state index >= 15 is 0 Å². The molecule has 0 radical (unpaired) electrons. The highest BCUT2D eigenvalue weighted by molar-refractivity contribution is 5.91. The lowest BCUT2D eigenvalue weighted by atomic mass is 10.1. The zero-order valence-electron chi connectivity index (χ0n) is 8.71. The van der Waals surface area contributed by atoms with E-state index in [1.165, 1.54) is 24.3 Å². The number of carboxylic acids is 2. The van der Waals surface area contributed by atoms with Gasteiger partial charge in [-0.25, -0.2) is 9.59 Å². The number of carboxylic acid groups (broad SMARTS) is 2. The lowest BCUT2D eigenvalue weighted by Crippen LogP contribution is -1.99. The Morgan fingerprint density at radius 3 is 1.50 bits per heavy atom. The van der Waals surface area contributed by atoms with Crippen LogP contribution in [0.15, 0.2) is 24.3 Å². The molecular formula is C11H12O5. The Bertz CT molecular complexity index is 345. The van der Waals surface area contributed by atoms with Gasteiger partial charge in [0, 0.05) is 0 Å². The third kappa shape index (κ3) is 4.10. The number of epoxide rings is 1. The van der Waals surface area contributed by atoms with Gasteiger partial charge in [-0.1, -0.05) is 0 Å². The van der Waals surface area contributed by atoms with Gasteiger partial charge in [-0.05, 0) is 31.2 Å². The van der Waals surface area contributed by atoms with Crippen LogP contribution in [0.3, 0.4) is 0 Å². The van der Waals surface area contributed by atoms with E-state index in [2.05, 4.69) is 6.92 Å². The van der Waals surface area contributed by atoms with E-state index in [-0.39, 0.29) is 11.1 Å². The van der Waals surface area contributed by atoms with Crippen molar-refractivity contribution in [1.82, 2.24) is 0 Å². The van der Waals surface area contributed by atoms with E-state index < -0.39 is 11.9 Å². The lowest BCUT2D eigenvalue weighted by molar-refractivity contribution is 0.0681. The number of hydrogen-bond donors (Lipinski definition) is 2. The summed E-state index contributed by atoms with van der Waals surface area (Å²) in [5.74, 6) is -2.13. The van der Waals surface area contributed by atoms with Gasteiger partial charge in [-0.3, -0.25) is 0 Å². The van der Waals surface area contributed by atoms with E-state index in [0.717, 1.165) is 6.61 Å². The van der Waals surface area contributed by atoms with Crippen LogP contribution in [0, 0.1) is 0 Å². The highest BCUT2D eigenvalue weighted by Gasteiger charge is 2.13. The van der Waals surface area contributed by atoms with Gasteiger partial charge in [0.15, 0.2) is 0 Å². The molecule has 1 atom stereocenters. The van der Waals surface area contributed by atoms with E-state index in [4.69, 9.17) is 14.9 Å². The number of rotatable bonds is 2. The molecule has 86 valence electrons. The Labute approximate surface area is 92.3 Å². The summed E-state index contributed by atoms with van der Waals surface area (Å²) in [4.78, 5) is 20.7. The van der Waals surface area contributed by atoms with Crippen LogP contribution in [-0.4, -0.2) is 34.9 Å². The number of aromatic carboxylic acids is 2. The van der Waals surface area contributed by atoms with Gasteiger partial charge in [0.2, 0.25) is 0 Å². The fourth-order valence-electron chi connectivity index (χ4n) is 0.852. The summed E-state index contributed by atoms with van der Waals surface area (Å²) in [5, 5.41) is 16.9. The van der Waals surface area contributed by atoms with Crippen molar-refractivity contribution in [2.75, 3.05) is 6.61 Å². The topological polar surface area (TPSA) is 87.1 Å². The Morgan fingerprint density at radius 2 is 1.38 bits per heavy atom. The largest absolute Gasteiger partial charge is 0.478 e. The maximum Gasteiger partial charge on any atom is 0.335 e. The number of hydrogen-bond acceptors (Lipinski definition) is 3. The highest BCUT2D eigenvalue weighted by atomic mass is 16.6. The molecule has 1 unspecified atom stereocenters. The lowest BCUT2D eigenvalue weighted by Gasteiger charge is -1.94. The molecule has 0 bridgehead atoms. The van der Waals surface area contributed by atoms with Crippen LogP contribution in [0.1, 0.15) is 27.6 Å². The summed E-state index contributed by atoms with van der Waals surface area (Å²) in [6.45, 7) is 3.04. The molecule has 0 spiro atoms. The maximum atomic E-state index is 10.3. The zero-order chi connectivity index (χ0) is 12.1. The monoisotopic (exact) mass is 224 g/mol. The van der Waals surface area contributed by atoms with Gasteiger partial charge in [0.25, 0.3) is 0 Å². The van der Waals surface area contributed by atoms with Gasteiger partial charge in [-0.15, -0.1) is 0 Å². The molecule has 1 heterocycles. The van der Waals surface area contributed by atoms with Crippen molar-refractivity contribution >= 4 is 11.9 Å². The molecule has 1 aliphatic heterocycles. The van der Waals surface area contributed by atoms with Gasteiger partial charge in [-0.2, -0.15) is 0 Å². The molecule has 1 aromatic carbocycles. The quantitative estimate of drug-likeness (QED) is 0.743. The van der Waals surface area contributed by atoms with E-state index in [9.17, 15) is 9.59 Å². The molecule has 0 aliphatic carbocycles. The minimum absolute atomic E-state index is 0.0833. The third-order valence-electron chi connectivity index (χ3n) is 1.88. The summed E-state index contributed by atoms with van der Waals surface area (Å²) in [6.07, 6.45) is 0.583. The Morgan fingerprint density at radius 1 is 1.12 bits per heavy atom. The molecule has 0 aromatic heterocycles. The van der Waals surface area contributed by atoms with Gasteiger partial charge in [0.1, 0.15) is 0 Å². The van der Waals surface area contributed by atoms with Crippen molar-refractivity contribution in [2.45, 2.75) is 13.0 Å². The Kier molecular flexibility index (Phi) is 4.02. The molecule has 0 saturated carbocycles. The molecule has 1 aliphatic rings. The second-order valence-corrected chi connectivity index (χ2v) is 3.33. The molecule has 0 amide bonds. The van der Waals surface area contributed by atoms with Crippen LogP contribution in [0.25, 0.3) is 0 Å². The number of carbonyl (C=O) groups is 2. The first-order valence-corrected chi connectivity index (χ1v) is 4.69. The highest BCUT2D eigenvalue weighted by Crippen LogP contribution is 2.04. The van der Waals surface area contributed by atoms with Crippen molar-refractivity contribution < 1.29 is 24.5 Å². The fraction of sp³-hybridized carbons (Fsp3) is 0.273. The minimum Gasteiger partial charge on any atom is -0.478 e. The molecule has 2 N–H and O–H groups in total. The summed E-state index contributed by atoms with van der Waals surface area (Å²) in [6, 6.07) is 5.02. The third-order valence-corrected chi connectivity index (χ3v) is 1.88. The average molecular weight is 224 g/mol. The fourth-order valence-corrected chi connectivity index (χ4v) is 0.852. The maximum absolute atomic E-state index is 10.3. The van der Waals surface area contributed by atoms with Crippen LogP contribution in [-0.2, 0) is 4.74 Å². The Hall–Kier alpha value is -1.88. The van der Waals surface area contributed by atoms with Crippen LogP contribution >= 0.6 is 0 Å². The molecule has 1 fully saturated rings. The van der Waals surface area contributed by atoms with Crippen molar-refractivity contribution in [3.8, 4) is 0 Å². The van der Waals surface area contributed by atoms with Gasteiger partial charge < -0.3 is 14.9 Å². The van der Waals surface area contributed by atoms with Crippen LogP contribution in [0.4, 0.5) is 0 Å². The van der Waals surface area contributed by atoms with E-state index in [1.54, 1.807) is 0 Å². The average Bonchev–Trinajstić information content (AvgIpc) is 3.01. The molecule has 5 heteroatoms. The predicted octanol–water partition coefficient (Wildman–Crippen LogP) is 1.49. The first-order chi connectivity index (χ1) is 7.50. The molecule has 1 saturated heterocycles. The number of benzene rings is 1. The number of ether oxygens (including phenoxy) is 1. The van der Waals surface area contributed by atoms with Gasteiger partial charge >= 0.3 is 11.9 Å². The van der Waals surface area contributed by atoms with Crippen LogP contribution in [0.5, 0.6) is 0 Å². The summed E-state index contributed by atoms with van der Waals surface area (Å²) < 4.78 is 4.71. The predicted molar refractivity (Wildman–Crippen MR) is 55.8 cm³/mol. The summed E-state index contributed by atoms with van der Waals surface area (Å²) in [5.41, 5.74) is 0.167. The van der Waals surface area contributed by atoms with Gasteiger partial charge in [0.05, 0.1) is 23.8 Å². The first kappa shape index (κ1) is 12.2. The van der Waals surface area contributed by atoms with E-state index in [1.807, 2.05) is 0 Å². The molecule has 1 aromatic rings.